The first-order valence-electron chi connectivity index (χ1n) is 6.64. The van der Waals surface area contributed by atoms with Gasteiger partial charge in [-0.1, -0.05) is 18.5 Å². The number of hydrogen-bond acceptors (Lipinski definition) is 3. The zero-order valence-electron chi connectivity index (χ0n) is 11.0. The second kappa shape index (κ2) is 5.85. The van der Waals surface area contributed by atoms with Crippen molar-refractivity contribution in [2.24, 2.45) is 0 Å². The van der Waals surface area contributed by atoms with Crippen LogP contribution in [0.3, 0.4) is 0 Å². The molecule has 0 amide bonds. The highest BCUT2D eigenvalue weighted by Gasteiger charge is 2.22. The van der Waals surface area contributed by atoms with Gasteiger partial charge in [-0.15, -0.1) is 0 Å². The molecule has 1 saturated carbocycles. The number of aryl methyl sites for hydroxylation is 2. The Morgan fingerprint density at radius 1 is 1.50 bits per heavy atom. The summed E-state index contributed by atoms with van der Waals surface area (Å²) in [4.78, 5) is 11.9. The van der Waals surface area contributed by atoms with Gasteiger partial charge in [0.05, 0.1) is 29.4 Å². The Morgan fingerprint density at radius 2 is 2.22 bits per heavy atom. The normalized spacial score (nSPS) is 15.1. The summed E-state index contributed by atoms with van der Waals surface area (Å²) in [5.74, 6) is 0.182. The molecule has 1 aliphatic carbocycles. The molecule has 0 aliphatic heterocycles. The second-order valence-electron chi connectivity index (χ2n) is 4.75. The van der Waals surface area contributed by atoms with Gasteiger partial charge in [0.15, 0.2) is 5.78 Å². The Hall–Kier alpha value is -0.870. The van der Waals surface area contributed by atoms with Crippen molar-refractivity contribution in [3.63, 3.8) is 0 Å². The largest absolute Gasteiger partial charge is 0.307 e. The van der Waals surface area contributed by atoms with Gasteiger partial charge < -0.3 is 5.32 Å². The molecule has 0 unspecified atom stereocenters. The molecule has 2 rings (SSSR count). The number of aromatic nitrogens is 2. The fourth-order valence-electron chi connectivity index (χ4n) is 1.98. The molecule has 4 nitrogen and oxygen atoms in total. The van der Waals surface area contributed by atoms with Crippen LogP contribution in [0.25, 0.3) is 0 Å². The number of rotatable bonds is 7. The lowest BCUT2D eigenvalue weighted by Crippen LogP contribution is -2.26. The third kappa shape index (κ3) is 3.12. The minimum atomic E-state index is 0.182. The average molecular weight is 270 g/mol. The van der Waals surface area contributed by atoms with E-state index in [2.05, 4.69) is 10.4 Å². The third-order valence-corrected chi connectivity index (χ3v) is 3.66. The van der Waals surface area contributed by atoms with Gasteiger partial charge in [-0.3, -0.25) is 9.48 Å². The number of Topliss-reactive ketones (excluding diaryl/α,β-unsaturated/α-hetero) is 1. The Labute approximate surface area is 113 Å². The van der Waals surface area contributed by atoms with Crippen molar-refractivity contribution in [2.75, 3.05) is 6.54 Å². The number of carbonyl (C=O) groups excluding carboxylic acids is 1. The number of carbonyl (C=O) groups is 1. The van der Waals surface area contributed by atoms with Gasteiger partial charge in [0.2, 0.25) is 0 Å². The third-order valence-electron chi connectivity index (χ3n) is 3.22. The molecule has 100 valence electrons. The first-order chi connectivity index (χ1) is 8.65. The summed E-state index contributed by atoms with van der Waals surface area (Å²) in [6, 6.07) is 0.562. The molecule has 1 N–H and O–H groups in total. The molecule has 1 aromatic heterocycles. The fraction of sp³-hybridized carbons (Fsp3) is 0.692. The van der Waals surface area contributed by atoms with E-state index in [1.54, 1.807) is 0 Å². The lowest BCUT2D eigenvalue weighted by Gasteiger charge is -2.05. The first-order valence-corrected chi connectivity index (χ1v) is 7.02. The Kier molecular flexibility index (Phi) is 4.40. The highest BCUT2D eigenvalue weighted by atomic mass is 35.5. The van der Waals surface area contributed by atoms with E-state index in [9.17, 15) is 4.79 Å². The van der Waals surface area contributed by atoms with Crippen LogP contribution in [0.2, 0.25) is 5.02 Å². The van der Waals surface area contributed by atoms with Crippen molar-refractivity contribution in [2.45, 2.75) is 52.1 Å². The molecule has 18 heavy (non-hydrogen) atoms. The molecule has 0 atom stereocenters. The quantitative estimate of drug-likeness (QED) is 0.823. The summed E-state index contributed by atoms with van der Waals surface area (Å²) in [7, 11) is 0. The lowest BCUT2D eigenvalue weighted by atomic mass is 10.2. The first kappa shape index (κ1) is 13.6. The maximum Gasteiger partial charge on any atom is 0.152 e. The number of nitrogens with one attached hydrogen (secondary N) is 1. The summed E-state index contributed by atoms with van der Waals surface area (Å²) < 4.78 is 1.84. The standard InChI is InChI=1S/C13H20ClN3O/c1-3-11-13(14)12(17(4-2)16-11)7-10(18)8-15-9-5-6-9/h9,15H,3-8H2,1-2H3. The highest BCUT2D eigenvalue weighted by molar-refractivity contribution is 6.32. The van der Waals surface area contributed by atoms with E-state index in [1.165, 1.54) is 12.8 Å². The van der Waals surface area contributed by atoms with Crippen LogP contribution in [0, 0.1) is 0 Å². The van der Waals surface area contributed by atoms with Crippen LogP contribution < -0.4 is 5.32 Å². The van der Waals surface area contributed by atoms with Crippen LogP contribution in [-0.2, 0) is 24.2 Å². The van der Waals surface area contributed by atoms with E-state index in [4.69, 9.17) is 11.6 Å². The summed E-state index contributed by atoms with van der Waals surface area (Å²) in [6.07, 6.45) is 3.56. The molecular weight excluding hydrogens is 250 g/mol. The van der Waals surface area contributed by atoms with Gasteiger partial charge in [-0.25, -0.2) is 0 Å². The van der Waals surface area contributed by atoms with E-state index >= 15 is 0 Å². The maximum atomic E-state index is 11.9. The van der Waals surface area contributed by atoms with Crippen molar-refractivity contribution in [1.29, 1.82) is 0 Å². The minimum Gasteiger partial charge on any atom is -0.307 e. The number of halogens is 1. The zero-order chi connectivity index (χ0) is 13.1. The van der Waals surface area contributed by atoms with Gasteiger partial charge >= 0.3 is 0 Å². The van der Waals surface area contributed by atoms with Crippen LogP contribution in [0.1, 0.15) is 38.1 Å². The molecule has 0 spiro atoms. The van der Waals surface area contributed by atoms with Crippen molar-refractivity contribution in [3.8, 4) is 0 Å². The van der Waals surface area contributed by atoms with Crippen LogP contribution in [0.5, 0.6) is 0 Å². The predicted molar refractivity (Wildman–Crippen MR) is 72.0 cm³/mol. The van der Waals surface area contributed by atoms with Crippen LogP contribution in [0.15, 0.2) is 0 Å². The summed E-state index contributed by atoms with van der Waals surface area (Å²) in [6.45, 7) is 5.23. The molecule has 1 aliphatic rings. The van der Waals surface area contributed by atoms with Gasteiger partial charge in [0.1, 0.15) is 0 Å². The van der Waals surface area contributed by atoms with Gasteiger partial charge in [-0.2, -0.15) is 5.10 Å². The Balaban J connectivity index is 2.01. The molecular formula is C13H20ClN3O. The average Bonchev–Trinajstić information content (AvgIpc) is 3.14. The van der Waals surface area contributed by atoms with E-state index in [1.807, 2.05) is 18.5 Å². The molecule has 5 heteroatoms. The summed E-state index contributed by atoms with van der Waals surface area (Å²) in [5, 5.41) is 8.32. The minimum absolute atomic E-state index is 0.182. The predicted octanol–water partition coefficient (Wildman–Crippen LogP) is 1.98. The number of nitrogens with zero attached hydrogens (tertiary/aromatic N) is 2. The van der Waals surface area contributed by atoms with E-state index in [0.717, 1.165) is 24.4 Å². The monoisotopic (exact) mass is 269 g/mol. The number of ketones is 1. The van der Waals surface area contributed by atoms with E-state index < -0.39 is 0 Å². The number of hydrogen-bond donors (Lipinski definition) is 1. The van der Waals surface area contributed by atoms with Gasteiger partial charge in [0, 0.05) is 12.6 Å². The summed E-state index contributed by atoms with van der Waals surface area (Å²) in [5.41, 5.74) is 1.75. The SMILES string of the molecule is CCc1nn(CC)c(CC(=O)CNC2CC2)c1Cl. The molecule has 0 bridgehead atoms. The molecule has 0 saturated heterocycles. The van der Waals surface area contributed by atoms with E-state index in [0.29, 0.717) is 24.0 Å². The molecule has 0 radical (unpaired) electrons. The van der Waals surface area contributed by atoms with Gasteiger partial charge in [-0.05, 0) is 26.2 Å². The van der Waals surface area contributed by atoms with Crippen LogP contribution in [-0.4, -0.2) is 28.2 Å². The smallest absolute Gasteiger partial charge is 0.152 e. The second-order valence-corrected chi connectivity index (χ2v) is 5.13. The van der Waals surface area contributed by atoms with Crippen molar-refractivity contribution in [1.82, 2.24) is 15.1 Å². The topological polar surface area (TPSA) is 46.9 Å². The molecule has 1 fully saturated rings. The highest BCUT2D eigenvalue weighted by Crippen LogP contribution is 2.22. The summed E-state index contributed by atoms with van der Waals surface area (Å²) >= 11 is 6.27. The zero-order valence-corrected chi connectivity index (χ0v) is 11.8. The van der Waals surface area contributed by atoms with E-state index in [-0.39, 0.29) is 5.78 Å². The van der Waals surface area contributed by atoms with Crippen LogP contribution in [0.4, 0.5) is 0 Å². The van der Waals surface area contributed by atoms with Crippen molar-refractivity contribution < 1.29 is 4.79 Å². The molecule has 1 aromatic rings. The molecule has 0 aromatic carbocycles. The maximum absolute atomic E-state index is 11.9. The van der Waals surface area contributed by atoms with Gasteiger partial charge in [0.25, 0.3) is 0 Å². The Morgan fingerprint density at radius 3 is 2.78 bits per heavy atom. The van der Waals surface area contributed by atoms with Crippen molar-refractivity contribution >= 4 is 17.4 Å². The Bertz CT molecular complexity index is 438. The van der Waals surface area contributed by atoms with Crippen molar-refractivity contribution in [3.05, 3.63) is 16.4 Å². The fourth-order valence-corrected chi connectivity index (χ4v) is 2.32. The van der Waals surface area contributed by atoms with Crippen LogP contribution >= 0.6 is 11.6 Å². The lowest BCUT2D eigenvalue weighted by molar-refractivity contribution is -0.117. The molecule has 1 heterocycles.